The van der Waals surface area contributed by atoms with Gasteiger partial charge in [0.25, 0.3) is 0 Å². The van der Waals surface area contributed by atoms with E-state index >= 15 is 0 Å². The molecule has 0 saturated heterocycles. The van der Waals surface area contributed by atoms with Gasteiger partial charge < -0.3 is 10.4 Å². The molecule has 5 heteroatoms. The molecule has 0 aromatic carbocycles. The molecular weight excluding hydrogens is 233 g/mol. The predicted octanol–water partition coefficient (Wildman–Crippen LogP) is 2.28. The van der Waals surface area contributed by atoms with Crippen LogP contribution in [-0.2, 0) is 6.42 Å². The van der Waals surface area contributed by atoms with Crippen molar-refractivity contribution in [2.45, 2.75) is 57.6 Å². The van der Waals surface area contributed by atoms with Gasteiger partial charge in [-0.25, -0.2) is 14.4 Å². The molecule has 1 aliphatic rings. The quantitative estimate of drug-likeness (QED) is 0.811. The third kappa shape index (κ3) is 2.96. The molecule has 0 amide bonds. The van der Waals surface area contributed by atoms with Crippen molar-refractivity contribution in [3.63, 3.8) is 0 Å². The Morgan fingerprint density at radius 1 is 1.33 bits per heavy atom. The first-order valence-electron chi connectivity index (χ1n) is 6.66. The average Bonchev–Trinajstić information content (AvgIpc) is 2.57. The Bertz CT molecular complexity index is 400. The number of aromatic nitrogens is 2. The van der Waals surface area contributed by atoms with Crippen LogP contribution < -0.4 is 5.32 Å². The molecule has 1 heterocycles. The monoisotopic (exact) mass is 253 g/mol. The maximum atomic E-state index is 14.0. The number of anilines is 1. The second-order valence-corrected chi connectivity index (χ2v) is 4.79. The number of aliphatic hydroxyl groups excluding tert-OH is 1. The number of nitrogens with zero attached hydrogens (tertiary/aromatic N) is 2. The van der Waals surface area contributed by atoms with Gasteiger partial charge in [0.2, 0.25) is 0 Å². The van der Waals surface area contributed by atoms with Crippen molar-refractivity contribution in [3.05, 3.63) is 17.8 Å². The number of hydrogen-bond donors (Lipinski definition) is 2. The Morgan fingerprint density at radius 2 is 2.11 bits per heavy atom. The summed E-state index contributed by atoms with van der Waals surface area (Å²) in [5, 5.41) is 13.0. The summed E-state index contributed by atoms with van der Waals surface area (Å²) in [6.45, 7) is 1.86. The van der Waals surface area contributed by atoms with Crippen LogP contribution in [0.3, 0.4) is 0 Å². The van der Waals surface area contributed by atoms with Crippen LogP contribution in [-0.4, -0.2) is 27.2 Å². The minimum Gasteiger partial charge on any atom is -0.391 e. The third-order valence-corrected chi connectivity index (χ3v) is 3.50. The molecule has 1 fully saturated rings. The normalized spacial score (nSPS) is 24.6. The Hall–Kier alpha value is -1.23. The number of halogens is 1. The second-order valence-electron chi connectivity index (χ2n) is 4.79. The van der Waals surface area contributed by atoms with E-state index in [1.54, 1.807) is 0 Å². The van der Waals surface area contributed by atoms with Crippen molar-refractivity contribution in [2.24, 2.45) is 0 Å². The van der Waals surface area contributed by atoms with E-state index in [4.69, 9.17) is 0 Å². The molecule has 0 bridgehead atoms. The molecule has 1 saturated carbocycles. The minimum absolute atomic E-state index is 0.110. The number of aliphatic hydroxyl groups is 1. The van der Waals surface area contributed by atoms with Crippen molar-refractivity contribution >= 4 is 5.82 Å². The average molecular weight is 253 g/mol. The molecule has 4 nitrogen and oxygen atoms in total. The van der Waals surface area contributed by atoms with Crippen molar-refractivity contribution in [2.75, 3.05) is 5.32 Å². The Balaban J connectivity index is 2.12. The lowest BCUT2D eigenvalue weighted by Crippen LogP contribution is -2.33. The summed E-state index contributed by atoms with van der Waals surface area (Å²) in [5.74, 6) is -0.177. The van der Waals surface area contributed by atoms with Crippen LogP contribution >= 0.6 is 0 Å². The lowest BCUT2D eigenvalue weighted by Gasteiger charge is -2.22. The zero-order valence-corrected chi connectivity index (χ0v) is 10.7. The predicted molar refractivity (Wildman–Crippen MR) is 67.9 cm³/mol. The van der Waals surface area contributed by atoms with Gasteiger partial charge in [0.1, 0.15) is 6.33 Å². The molecule has 18 heavy (non-hydrogen) atoms. The van der Waals surface area contributed by atoms with Crippen molar-refractivity contribution in [3.8, 4) is 0 Å². The van der Waals surface area contributed by atoms with Gasteiger partial charge in [-0.3, -0.25) is 0 Å². The third-order valence-electron chi connectivity index (χ3n) is 3.50. The van der Waals surface area contributed by atoms with E-state index in [9.17, 15) is 9.50 Å². The number of hydrogen-bond acceptors (Lipinski definition) is 4. The summed E-state index contributed by atoms with van der Waals surface area (Å²) in [4.78, 5) is 7.84. The summed E-state index contributed by atoms with van der Waals surface area (Å²) < 4.78 is 14.0. The van der Waals surface area contributed by atoms with E-state index in [2.05, 4.69) is 15.3 Å². The fourth-order valence-electron chi connectivity index (χ4n) is 2.39. The van der Waals surface area contributed by atoms with E-state index < -0.39 is 11.9 Å². The molecule has 2 unspecified atom stereocenters. The van der Waals surface area contributed by atoms with Gasteiger partial charge in [-0.2, -0.15) is 0 Å². The van der Waals surface area contributed by atoms with Crippen molar-refractivity contribution < 1.29 is 9.50 Å². The molecule has 1 aromatic heterocycles. The zero-order valence-electron chi connectivity index (χ0n) is 10.7. The van der Waals surface area contributed by atoms with Crippen LogP contribution in [0.2, 0.25) is 0 Å². The van der Waals surface area contributed by atoms with Gasteiger partial charge in [-0.15, -0.1) is 0 Å². The summed E-state index contributed by atoms with van der Waals surface area (Å²) in [6.07, 6.45) is 6.32. The van der Waals surface area contributed by atoms with Crippen LogP contribution in [0.1, 0.15) is 44.7 Å². The van der Waals surface area contributed by atoms with Gasteiger partial charge in [-0.1, -0.05) is 26.2 Å². The maximum absolute atomic E-state index is 14.0. The smallest absolute Gasteiger partial charge is 0.186 e. The first kappa shape index (κ1) is 13.2. The molecule has 0 aliphatic heterocycles. The first-order valence-corrected chi connectivity index (χ1v) is 6.66. The Morgan fingerprint density at radius 3 is 2.89 bits per heavy atom. The summed E-state index contributed by atoms with van der Waals surface area (Å²) in [5.41, 5.74) is 0.413. The minimum atomic E-state index is -0.424. The van der Waals surface area contributed by atoms with Gasteiger partial charge in [0.15, 0.2) is 11.6 Å². The molecule has 2 N–H and O–H groups in total. The SMILES string of the molecule is CCc1ncnc(NC2CCCCCC2O)c1F. The number of rotatable bonds is 3. The molecule has 100 valence electrons. The number of aryl methyl sites for hydroxylation is 1. The highest BCUT2D eigenvalue weighted by Gasteiger charge is 2.23. The molecule has 1 aromatic rings. The first-order chi connectivity index (χ1) is 8.72. The maximum Gasteiger partial charge on any atom is 0.186 e. The standard InChI is InChI=1S/C13H20FN3O/c1-2-9-12(14)13(16-8-15-9)17-10-6-4-3-5-7-11(10)18/h8,10-11,18H,2-7H2,1H3,(H,15,16,17). The van der Waals surface area contributed by atoms with E-state index in [0.29, 0.717) is 12.1 Å². The highest BCUT2D eigenvalue weighted by Crippen LogP contribution is 2.22. The molecular formula is C13H20FN3O. The fourth-order valence-corrected chi connectivity index (χ4v) is 2.39. The van der Waals surface area contributed by atoms with Crippen LogP contribution in [0.4, 0.5) is 10.2 Å². The fraction of sp³-hybridized carbons (Fsp3) is 0.692. The van der Waals surface area contributed by atoms with Crippen molar-refractivity contribution in [1.82, 2.24) is 9.97 Å². The number of nitrogens with one attached hydrogen (secondary N) is 1. The largest absolute Gasteiger partial charge is 0.391 e. The topological polar surface area (TPSA) is 58.0 Å². The zero-order chi connectivity index (χ0) is 13.0. The lowest BCUT2D eigenvalue weighted by molar-refractivity contribution is 0.144. The van der Waals surface area contributed by atoms with E-state index in [-0.39, 0.29) is 11.9 Å². The van der Waals surface area contributed by atoms with E-state index in [1.807, 2.05) is 6.92 Å². The highest BCUT2D eigenvalue weighted by atomic mass is 19.1. The lowest BCUT2D eigenvalue weighted by atomic mass is 10.1. The van der Waals surface area contributed by atoms with Crippen LogP contribution in [0, 0.1) is 5.82 Å². The van der Waals surface area contributed by atoms with Gasteiger partial charge >= 0.3 is 0 Å². The summed E-state index contributed by atoms with van der Waals surface area (Å²) in [6, 6.07) is -0.110. The van der Waals surface area contributed by atoms with Crippen LogP contribution in [0.5, 0.6) is 0 Å². The highest BCUT2D eigenvalue weighted by molar-refractivity contribution is 5.38. The molecule has 0 spiro atoms. The summed E-state index contributed by atoms with van der Waals surface area (Å²) >= 11 is 0. The van der Waals surface area contributed by atoms with Gasteiger partial charge in [-0.05, 0) is 19.3 Å². The van der Waals surface area contributed by atoms with E-state index in [0.717, 1.165) is 32.1 Å². The molecule has 0 radical (unpaired) electrons. The second kappa shape index (κ2) is 6.09. The Kier molecular flexibility index (Phi) is 4.47. The van der Waals surface area contributed by atoms with Crippen LogP contribution in [0.15, 0.2) is 6.33 Å². The molecule has 2 atom stereocenters. The van der Waals surface area contributed by atoms with Gasteiger partial charge in [0, 0.05) is 0 Å². The van der Waals surface area contributed by atoms with Gasteiger partial charge in [0.05, 0.1) is 17.8 Å². The van der Waals surface area contributed by atoms with E-state index in [1.165, 1.54) is 6.33 Å². The molecule has 2 rings (SSSR count). The Labute approximate surface area is 107 Å². The van der Waals surface area contributed by atoms with Crippen molar-refractivity contribution in [1.29, 1.82) is 0 Å². The molecule has 1 aliphatic carbocycles. The van der Waals surface area contributed by atoms with Crippen LogP contribution in [0.25, 0.3) is 0 Å². The summed E-state index contributed by atoms with van der Waals surface area (Å²) in [7, 11) is 0.